The second-order valence-corrected chi connectivity index (χ2v) is 15.2. The van der Waals surface area contributed by atoms with Gasteiger partial charge in [0.25, 0.3) is 0 Å². The third kappa shape index (κ3) is 2.39. The van der Waals surface area contributed by atoms with Crippen LogP contribution in [0.1, 0.15) is 126 Å². The molecule has 0 radical (unpaired) electrons. The molecule has 0 N–H and O–H groups in total. The Kier molecular flexibility index (Phi) is 4.26. The molecule has 2 spiro atoms. The highest BCUT2D eigenvalue weighted by Gasteiger charge is 2.82. The van der Waals surface area contributed by atoms with Crippen LogP contribution in [0.25, 0.3) is 0 Å². The Hall–Kier alpha value is -0.0400. The van der Waals surface area contributed by atoms with Crippen LogP contribution in [0.15, 0.2) is 0 Å². The van der Waals surface area contributed by atoms with Gasteiger partial charge in [0.1, 0.15) is 0 Å². The molecule has 9 atom stereocenters. The summed E-state index contributed by atoms with van der Waals surface area (Å²) in [4.78, 5) is 0. The lowest BCUT2D eigenvalue weighted by Gasteiger charge is -2.63. The van der Waals surface area contributed by atoms with E-state index >= 15 is 0 Å². The highest BCUT2D eigenvalue weighted by atomic mass is 16.5. The quantitative estimate of drug-likeness (QED) is 0.430. The van der Waals surface area contributed by atoms with Crippen molar-refractivity contribution in [3.8, 4) is 0 Å². The molecular formula is C30H50O. The van der Waals surface area contributed by atoms with Crippen molar-refractivity contribution in [2.45, 2.75) is 137 Å². The van der Waals surface area contributed by atoms with E-state index in [0.717, 1.165) is 23.2 Å². The molecule has 0 amide bonds. The van der Waals surface area contributed by atoms with Gasteiger partial charge in [-0.2, -0.15) is 0 Å². The van der Waals surface area contributed by atoms with Crippen molar-refractivity contribution in [2.24, 2.45) is 50.7 Å². The van der Waals surface area contributed by atoms with E-state index in [2.05, 4.69) is 48.5 Å². The van der Waals surface area contributed by atoms with Crippen LogP contribution in [0.3, 0.4) is 0 Å². The number of rotatable bonds is 2. The minimum Gasteiger partial charge on any atom is -0.371 e. The molecule has 1 heteroatoms. The minimum atomic E-state index is 0.122. The molecule has 0 aromatic rings. The van der Waals surface area contributed by atoms with Gasteiger partial charge in [0.05, 0.1) is 11.7 Å². The van der Waals surface area contributed by atoms with Crippen LogP contribution in [0.2, 0.25) is 0 Å². The molecular weight excluding hydrogens is 376 g/mol. The molecule has 1 unspecified atom stereocenters. The molecule has 0 bridgehead atoms. The van der Waals surface area contributed by atoms with Crippen LogP contribution in [-0.4, -0.2) is 11.7 Å². The minimum absolute atomic E-state index is 0.122. The molecule has 6 rings (SSSR count). The molecule has 1 heterocycles. The zero-order valence-electron chi connectivity index (χ0n) is 21.8. The van der Waals surface area contributed by atoms with E-state index in [0.29, 0.717) is 33.7 Å². The Morgan fingerprint density at radius 1 is 0.645 bits per heavy atom. The molecule has 1 aliphatic heterocycles. The first-order chi connectivity index (χ1) is 14.4. The van der Waals surface area contributed by atoms with E-state index in [1.165, 1.54) is 64.2 Å². The van der Waals surface area contributed by atoms with E-state index in [1.807, 2.05) is 0 Å². The predicted octanol–water partition coefficient (Wildman–Crippen LogP) is 8.41. The van der Waals surface area contributed by atoms with Gasteiger partial charge in [-0.25, -0.2) is 0 Å². The first kappa shape index (κ1) is 21.5. The van der Waals surface area contributed by atoms with Crippen LogP contribution >= 0.6 is 0 Å². The lowest BCUT2D eigenvalue weighted by molar-refractivity contribution is -0.172. The van der Waals surface area contributed by atoms with Crippen molar-refractivity contribution in [3.05, 3.63) is 0 Å². The molecule has 6 fully saturated rings. The SMILES string of the molecule is CC(C)C1CC[C@@](C)([C@H]2CC[C@@]3(C)[C@@H]4CC[C@H]5C(C)(C)CCC[C@@]56C[C@@]46CC[C@]23C)O1. The maximum Gasteiger partial charge on any atom is 0.0692 e. The summed E-state index contributed by atoms with van der Waals surface area (Å²) in [5.74, 6) is 3.42. The van der Waals surface area contributed by atoms with Crippen LogP contribution < -0.4 is 0 Å². The Labute approximate surface area is 192 Å². The van der Waals surface area contributed by atoms with Gasteiger partial charge in [-0.1, -0.05) is 48.0 Å². The van der Waals surface area contributed by atoms with Crippen molar-refractivity contribution in [1.82, 2.24) is 0 Å². The van der Waals surface area contributed by atoms with Gasteiger partial charge >= 0.3 is 0 Å². The van der Waals surface area contributed by atoms with Crippen molar-refractivity contribution in [1.29, 1.82) is 0 Å². The summed E-state index contributed by atoms with van der Waals surface area (Å²) in [5.41, 5.74) is 3.17. The van der Waals surface area contributed by atoms with Crippen molar-refractivity contribution in [3.63, 3.8) is 0 Å². The Balaban J connectivity index is 1.32. The second kappa shape index (κ2) is 6.14. The lowest BCUT2D eigenvalue weighted by atomic mass is 9.42. The summed E-state index contributed by atoms with van der Waals surface area (Å²) in [7, 11) is 0. The maximum atomic E-state index is 6.94. The summed E-state index contributed by atoms with van der Waals surface area (Å²) >= 11 is 0. The van der Waals surface area contributed by atoms with Gasteiger partial charge in [-0.3, -0.25) is 0 Å². The Morgan fingerprint density at radius 3 is 2.03 bits per heavy atom. The summed E-state index contributed by atoms with van der Waals surface area (Å²) in [6, 6.07) is 0. The molecule has 0 aromatic carbocycles. The molecule has 6 aliphatic rings. The smallest absolute Gasteiger partial charge is 0.0692 e. The number of ether oxygens (including phenoxy) is 1. The fourth-order valence-corrected chi connectivity index (χ4v) is 12.0. The maximum absolute atomic E-state index is 6.94. The zero-order chi connectivity index (χ0) is 22.1. The van der Waals surface area contributed by atoms with Crippen LogP contribution in [-0.2, 0) is 4.74 Å². The normalized spacial score (nSPS) is 59.6. The van der Waals surface area contributed by atoms with Crippen molar-refractivity contribution < 1.29 is 4.74 Å². The molecule has 0 aromatic heterocycles. The third-order valence-electron chi connectivity index (χ3n) is 13.7. The van der Waals surface area contributed by atoms with Gasteiger partial charge in [0, 0.05) is 0 Å². The summed E-state index contributed by atoms with van der Waals surface area (Å²) < 4.78 is 6.94. The number of fused-ring (bicyclic) bond motifs is 2. The third-order valence-corrected chi connectivity index (χ3v) is 13.7. The van der Waals surface area contributed by atoms with Crippen molar-refractivity contribution in [2.75, 3.05) is 0 Å². The Bertz CT molecular complexity index is 768. The number of hydrogen-bond donors (Lipinski definition) is 0. The van der Waals surface area contributed by atoms with E-state index in [9.17, 15) is 0 Å². The summed E-state index contributed by atoms with van der Waals surface area (Å²) in [5, 5.41) is 0. The topological polar surface area (TPSA) is 9.23 Å². The van der Waals surface area contributed by atoms with E-state index in [1.54, 1.807) is 12.8 Å². The fraction of sp³-hybridized carbons (Fsp3) is 1.00. The molecule has 1 nitrogen and oxygen atoms in total. The van der Waals surface area contributed by atoms with Gasteiger partial charge in [-0.15, -0.1) is 0 Å². The van der Waals surface area contributed by atoms with Gasteiger partial charge in [0.2, 0.25) is 0 Å². The zero-order valence-corrected chi connectivity index (χ0v) is 21.8. The molecule has 1 saturated heterocycles. The average molecular weight is 427 g/mol. The van der Waals surface area contributed by atoms with E-state index < -0.39 is 0 Å². The van der Waals surface area contributed by atoms with Crippen molar-refractivity contribution >= 4 is 0 Å². The van der Waals surface area contributed by atoms with Crippen LogP contribution in [0, 0.1) is 50.7 Å². The first-order valence-electron chi connectivity index (χ1n) is 14.1. The average Bonchev–Trinajstić information content (AvgIpc) is 3.01. The lowest BCUT2D eigenvalue weighted by Crippen LogP contribution is -2.57. The monoisotopic (exact) mass is 426 g/mol. The predicted molar refractivity (Wildman–Crippen MR) is 129 cm³/mol. The molecule has 176 valence electrons. The summed E-state index contributed by atoms with van der Waals surface area (Å²) in [6.45, 7) is 18.0. The van der Waals surface area contributed by atoms with Gasteiger partial charge in [0.15, 0.2) is 0 Å². The largest absolute Gasteiger partial charge is 0.371 e. The standard InChI is InChI=1S/C30H50O/c1-20(2)21-11-16-28(7,31-21)23-12-15-26(5)24-10-9-22-25(3,4)13-8-14-29(22)19-30(24,29)18-17-27(23,26)6/h20-24H,8-19H2,1-7H3/t21?,22-,23-,24-,26-,27+,28-,29+,30-/m0/s1. The second-order valence-electron chi connectivity index (χ2n) is 15.2. The Morgan fingerprint density at radius 2 is 1.32 bits per heavy atom. The molecule has 31 heavy (non-hydrogen) atoms. The highest BCUT2D eigenvalue weighted by Crippen LogP contribution is 2.89. The molecule has 5 aliphatic carbocycles. The van der Waals surface area contributed by atoms with E-state index in [-0.39, 0.29) is 5.60 Å². The first-order valence-corrected chi connectivity index (χ1v) is 14.1. The number of hydrogen-bond acceptors (Lipinski definition) is 1. The van der Waals surface area contributed by atoms with Gasteiger partial charge < -0.3 is 4.74 Å². The molecule has 5 saturated carbocycles. The van der Waals surface area contributed by atoms with Crippen LogP contribution in [0.4, 0.5) is 0 Å². The highest BCUT2D eigenvalue weighted by molar-refractivity contribution is 5.30. The fourth-order valence-electron chi connectivity index (χ4n) is 12.0. The van der Waals surface area contributed by atoms with Crippen LogP contribution in [0.5, 0.6) is 0 Å². The summed E-state index contributed by atoms with van der Waals surface area (Å²) in [6.07, 6.45) is 18.2. The van der Waals surface area contributed by atoms with E-state index in [4.69, 9.17) is 4.74 Å². The van der Waals surface area contributed by atoms with Gasteiger partial charge in [-0.05, 0) is 128 Å².